The number of halogens is 1. The van der Waals surface area contributed by atoms with E-state index in [2.05, 4.69) is 20.0 Å². The summed E-state index contributed by atoms with van der Waals surface area (Å²) in [5, 5.41) is 5.28. The van der Waals surface area contributed by atoms with E-state index >= 15 is 0 Å². The maximum absolute atomic E-state index is 13.1. The maximum Gasteiger partial charge on any atom is 0.233 e. The largest absolute Gasteiger partial charge is 0.438 e. The predicted molar refractivity (Wildman–Crippen MR) is 125 cm³/mol. The van der Waals surface area contributed by atoms with E-state index in [1.54, 1.807) is 18.3 Å². The number of likely N-dealkylation sites (tertiary alicyclic amines) is 1. The van der Waals surface area contributed by atoms with Gasteiger partial charge in [0.1, 0.15) is 23.3 Å². The lowest BCUT2D eigenvalue weighted by Gasteiger charge is -2.32. The summed E-state index contributed by atoms with van der Waals surface area (Å²) in [6.07, 6.45) is 6.17. The first-order valence-corrected chi connectivity index (χ1v) is 12.9. The molecule has 0 spiro atoms. The van der Waals surface area contributed by atoms with E-state index < -0.39 is 9.84 Å². The molecule has 2 aromatic heterocycles. The van der Waals surface area contributed by atoms with Crippen molar-refractivity contribution in [3.05, 3.63) is 72.4 Å². The van der Waals surface area contributed by atoms with Crippen LogP contribution in [0.25, 0.3) is 11.0 Å². The molecule has 34 heavy (non-hydrogen) atoms. The summed E-state index contributed by atoms with van der Waals surface area (Å²) in [7, 11) is -3.27. The van der Waals surface area contributed by atoms with Gasteiger partial charge in [0.2, 0.25) is 5.88 Å². The first-order chi connectivity index (χ1) is 16.4. The van der Waals surface area contributed by atoms with Gasteiger partial charge in [-0.1, -0.05) is 12.1 Å². The van der Waals surface area contributed by atoms with Gasteiger partial charge >= 0.3 is 0 Å². The molecular formula is C24H24FN5O3S. The Morgan fingerprint density at radius 3 is 2.41 bits per heavy atom. The number of aromatic nitrogens is 4. The lowest BCUT2D eigenvalue weighted by molar-refractivity contribution is 0.175. The van der Waals surface area contributed by atoms with E-state index in [9.17, 15) is 12.8 Å². The molecule has 0 N–H and O–H groups in total. The number of sulfone groups is 1. The van der Waals surface area contributed by atoms with Crippen LogP contribution in [0.2, 0.25) is 0 Å². The Hall–Kier alpha value is -3.37. The van der Waals surface area contributed by atoms with Gasteiger partial charge in [0.15, 0.2) is 15.5 Å². The van der Waals surface area contributed by atoms with Crippen LogP contribution in [-0.2, 0) is 16.4 Å². The third-order valence-corrected chi connectivity index (χ3v) is 7.17. The van der Waals surface area contributed by atoms with Crippen molar-refractivity contribution in [2.45, 2.75) is 30.3 Å². The number of fused-ring (bicyclic) bond motifs is 1. The molecule has 1 aliphatic heterocycles. The molecule has 4 aromatic rings. The van der Waals surface area contributed by atoms with Crippen molar-refractivity contribution in [2.24, 2.45) is 0 Å². The Morgan fingerprint density at radius 1 is 1.03 bits per heavy atom. The van der Waals surface area contributed by atoms with Crippen molar-refractivity contribution in [1.29, 1.82) is 0 Å². The molecule has 5 rings (SSSR count). The molecule has 176 valence electrons. The molecule has 0 bridgehead atoms. The standard InChI is InChI=1S/C24H24FN5O3S/c1-34(31,32)21-8-6-20(7-9-21)33-24-22-14-28-30(23(22)26-16-27-24)19-10-12-29(13-11-19)15-17-2-4-18(25)5-3-17/h2-9,14,16,19H,10-13,15H2,1H3. The molecule has 0 atom stereocenters. The number of hydrogen-bond acceptors (Lipinski definition) is 7. The minimum Gasteiger partial charge on any atom is -0.438 e. The smallest absolute Gasteiger partial charge is 0.233 e. The SMILES string of the molecule is CS(=O)(=O)c1ccc(Oc2ncnc3c2cnn3C2CCN(Cc3ccc(F)cc3)CC2)cc1. The van der Waals surface area contributed by atoms with E-state index in [0.717, 1.165) is 38.0 Å². The molecule has 1 aliphatic rings. The highest BCUT2D eigenvalue weighted by molar-refractivity contribution is 7.90. The van der Waals surface area contributed by atoms with Gasteiger partial charge in [-0.05, 0) is 54.8 Å². The van der Waals surface area contributed by atoms with E-state index in [1.165, 1.54) is 36.8 Å². The number of nitrogens with zero attached hydrogens (tertiary/aromatic N) is 5. The van der Waals surface area contributed by atoms with Gasteiger partial charge in [-0.3, -0.25) is 4.90 Å². The van der Waals surface area contributed by atoms with Gasteiger partial charge in [0.25, 0.3) is 0 Å². The van der Waals surface area contributed by atoms with Crippen molar-refractivity contribution < 1.29 is 17.5 Å². The Labute approximate surface area is 196 Å². The molecule has 0 unspecified atom stereocenters. The van der Waals surface area contributed by atoms with Crippen LogP contribution < -0.4 is 4.74 Å². The molecule has 0 radical (unpaired) electrons. The van der Waals surface area contributed by atoms with Gasteiger partial charge in [0, 0.05) is 25.9 Å². The second kappa shape index (κ2) is 9.11. The lowest BCUT2D eigenvalue weighted by Crippen LogP contribution is -2.34. The fourth-order valence-corrected chi connectivity index (χ4v) is 4.86. The summed E-state index contributed by atoms with van der Waals surface area (Å²) in [6, 6.07) is 13.1. The third-order valence-electron chi connectivity index (χ3n) is 6.04. The first-order valence-electron chi connectivity index (χ1n) is 11.0. The van der Waals surface area contributed by atoms with E-state index in [-0.39, 0.29) is 16.8 Å². The number of piperidine rings is 1. The molecule has 0 saturated carbocycles. The monoisotopic (exact) mass is 481 g/mol. The Kier molecular flexibility index (Phi) is 6.01. The van der Waals surface area contributed by atoms with Crippen LogP contribution >= 0.6 is 0 Å². The number of ether oxygens (including phenoxy) is 1. The molecule has 8 nitrogen and oxygen atoms in total. The lowest BCUT2D eigenvalue weighted by atomic mass is 10.0. The first kappa shape index (κ1) is 22.4. The summed E-state index contributed by atoms with van der Waals surface area (Å²) in [5.74, 6) is 0.635. The summed E-state index contributed by atoms with van der Waals surface area (Å²) in [4.78, 5) is 11.3. The molecule has 3 heterocycles. The van der Waals surface area contributed by atoms with Crippen LogP contribution in [0.1, 0.15) is 24.4 Å². The second-order valence-electron chi connectivity index (χ2n) is 8.48. The zero-order valence-electron chi connectivity index (χ0n) is 18.6. The second-order valence-corrected chi connectivity index (χ2v) is 10.5. The van der Waals surface area contributed by atoms with Crippen LogP contribution in [0.3, 0.4) is 0 Å². The van der Waals surface area contributed by atoms with Crippen LogP contribution in [-0.4, -0.2) is 52.4 Å². The quantitative estimate of drug-likeness (QED) is 0.411. The van der Waals surface area contributed by atoms with Gasteiger partial charge in [-0.2, -0.15) is 5.10 Å². The van der Waals surface area contributed by atoms with Crippen molar-refractivity contribution in [2.75, 3.05) is 19.3 Å². The van der Waals surface area contributed by atoms with Crippen molar-refractivity contribution in [1.82, 2.24) is 24.6 Å². The van der Waals surface area contributed by atoms with Gasteiger partial charge in [-0.25, -0.2) is 27.5 Å². The fourth-order valence-electron chi connectivity index (χ4n) is 4.23. The van der Waals surface area contributed by atoms with E-state index in [1.807, 2.05) is 16.8 Å². The Balaban J connectivity index is 1.28. The highest BCUT2D eigenvalue weighted by Crippen LogP contribution is 2.31. The molecule has 2 aromatic carbocycles. The van der Waals surface area contributed by atoms with Crippen LogP contribution in [0, 0.1) is 5.82 Å². The zero-order valence-corrected chi connectivity index (χ0v) is 19.4. The highest BCUT2D eigenvalue weighted by atomic mass is 32.2. The molecule has 0 aliphatic carbocycles. The summed E-state index contributed by atoms with van der Waals surface area (Å²) >= 11 is 0. The maximum atomic E-state index is 13.1. The van der Waals surface area contributed by atoms with E-state index in [0.29, 0.717) is 22.7 Å². The molecule has 0 amide bonds. The summed E-state index contributed by atoms with van der Waals surface area (Å²) in [6.45, 7) is 2.61. The average molecular weight is 482 g/mol. The van der Waals surface area contributed by atoms with Crippen molar-refractivity contribution in [3.8, 4) is 11.6 Å². The molecule has 10 heteroatoms. The number of hydrogen-bond donors (Lipinski definition) is 0. The molecular weight excluding hydrogens is 457 g/mol. The minimum absolute atomic E-state index is 0.207. The molecule has 1 fully saturated rings. The molecule has 1 saturated heterocycles. The highest BCUT2D eigenvalue weighted by Gasteiger charge is 2.24. The third kappa shape index (κ3) is 4.78. The van der Waals surface area contributed by atoms with Gasteiger partial charge < -0.3 is 4.74 Å². The Bertz CT molecular complexity index is 1400. The zero-order chi connectivity index (χ0) is 23.7. The van der Waals surface area contributed by atoms with Gasteiger partial charge in [0.05, 0.1) is 17.1 Å². The Morgan fingerprint density at radius 2 is 1.74 bits per heavy atom. The fraction of sp³-hybridized carbons (Fsp3) is 0.292. The van der Waals surface area contributed by atoms with Crippen LogP contribution in [0.4, 0.5) is 4.39 Å². The summed E-state index contributed by atoms with van der Waals surface area (Å²) in [5.41, 5.74) is 1.80. The number of rotatable bonds is 6. The topological polar surface area (TPSA) is 90.2 Å². The van der Waals surface area contributed by atoms with Crippen LogP contribution in [0.5, 0.6) is 11.6 Å². The summed E-state index contributed by atoms with van der Waals surface area (Å²) < 4.78 is 44.3. The van der Waals surface area contributed by atoms with Crippen LogP contribution in [0.15, 0.2) is 66.0 Å². The number of benzene rings is 2. The minimum atomic E-state index is -3.27. The van der Waals surface area contributed by atoms with Crippen molar-refractivity contribution in [3.63, 3.8) is 0 Å². The van der Waals surface area contributed by atoms with E-state index in [4.69, 9.17) is 4.74 Å². The average Bonchev–Trinajstić information content (AvgIpc) is 3.26. The van der Waals surface area contributed by atoms with Gasteiger partial charge in [-0.15, -0.1) is 0 Å². The predicted octanol–water partition coefficient (Wildman–Crippen LogP) is 4.00. The normalized spacial score (nSPS) is 15.6. The van der Waals surface area contributed by atoms with Crippen molar-refractivity contribution >= 4 is 20.9 Å².